The first kappa shape index (κ1) is 19.6. The third-order valence-corrected chi connectivity index (χ3v) is 4.15. The van der Waals surface area contributed by atoms with Crippen LogP contribution in [0.3, 0.4) is 0 Å². The molecule has 0 fully saturated rings. The predicted octanol–water partition coefficient (Wildman–Crippen LogP) is 2.45. The van der Waals surface area contributed by atoms with E-state index < -0.39 is 6.10 Å². The Morgan fingerprint density at radius 1 is 1.04 bits per heavy atom. The number of ether oxygens (including phenoxy) is 3. The molecule has 2 aromatic carbocycles. The van der Waals surface area contributed by atoms with Crippen molar-refractivity contribution in [2.45, 2.75) is 12.5 Å². The van der Waals surface area contributed by atoms with E-state index in [0.29, 0.717) is 22.8 Å². The molecule has 1 amide bonds. The molecule has 0 bridgehead atoms. The van der Waals surface area contributed by atoms with E-state index in [-0.39, 0.29) is 18.9 Å². The third kappa shape index (κ3) is 4.89. The number of hydrogen-bond donors (Lipinski definition) is 1. The van der Waals surface area contributed by atoms with Gasteiger partial charge in [0.2, 0.25) is 5.91 Å². The molecule has 1 unspecified atom stereocenters. The van der Waals surface area contributed by atoms with Crippen molar-refractivity contribution in [3.63, 3.8) is 0 Å². The zero-order valence-electron chi connectivity index (χ0n) is 15.6. The van der Waals surface area contributed by atoms with Crippen molar-refractivity contribution < 1.29 is 24.1 Å². The molecule has 0 heterocycles. The van der Waals surface area contributed by atoms with Crippen LogP contribution in [0.25, 0.3) is 0 Å². The molecule has 0 aliphatic rings. The van der Waals surface area contributed by atoms with Gasteiger partial charge in [0.1, 0.15) is 5.75 Å². The quantitative estimate of drug-likeness (QED) is 0.784. The molecule has 2 aromatic rings. The van der Waals surface area contributed by atoms with Crippen molar-refractivity contribution in [3.05, 3.63) is 53.6 Å². The summed E-state index contributed by atoms with van der Waals surface area (Å²) in [7, 11) is 6.37. The van der Waals surface area contributed by atoms with E-state index in [1.165, 1.54) is 4.90 Å². The fourth-order valence-corrected chi connectivity index (χ4v) is 2.62. The second-order valence-corrected chi connectivity index (χ2v) is 5.93. The summed E-state index contributed by atoms with van der Waals surface area (Å²) >= 11 is 0. The van der Waals surface area contributed by atoms with Crippen LogP contribution < -0.4 is 14.2 Å². The lowest BCUT2D eigenvalue weighted by Gasteiger charge is -2.21. The molecule has 0 radical (unpaired) electrons. The van der Waals surface area contributed by atoms with Crippen LogP contribution in [0, 0.1) is 0 Å². The SMILES string of the molecule is COc1cccc(C(O)CN(C)C(=O)Cc2ccc(OC)c(OC)c2)c1. The number of amides is 1. The molecule has 6 heteroatoms. The summed E-state index contributed by atoms with van der Waals surface area (Å²) in [6, 6.07) is 12.6. The zero-order valence-corrected chi connectivity index (χ0v) is 15.6. The highest BCUT2D eigenvalue weighted by atomic mass is 16.5. The molecular weight excluding hydrogens is 334 g/mol. The van der Waals surface area contributed by atoms with Gasteiger partial charge in [0, 0.05) is 7.05 Å². The second kappa shape index (κ2) is 9.10. The van der Waals surface area contributed by atoms with E-state index >= 15 is 0 Å². The Bertz CT molecular complexity index is 747. The highest BCUT2D eigenvalue weighted by molar-refractivity contribution is 5.78. The van der Waals surface area contributed by atoms with E-state index in [0.717, 1.165) is 5.56 Å². The summed E-state index contributed by atoms with van der Waals surface area (Å²) in [5.41, 5.74) is 1.52. The summed E-state index contributed by atoms with van der Waals surface area (Å²) in [6.45, 7) is 0.194. The summed E-state index contributed by atoms with van der Waals surface area (Å²) in [4.78, 5) is 14.0. The van der Waals surface area contributed by atoms with Gasteiger partial charge in [-0.2, -0.15) is 0 Å². The molecule has 1 N–H and O–H groups in total. The highest BCUT2D eigenvalue weighted by Crippen LogP contribution is 2.28. The largest absolute Gasteiger partial charge is 0.497 e. The maximum Gasteiger partial charge on any atom is 0.226 e. The van der Waals surface area contributed by atoms with Crippen molar-refractivity contribution in [3.8, 4) is 17.2 Å². The van der Waals surface area contributed by atoms with Crippen molar-refractivity contribution in [2.24, 2.45) is 0 Å². The summed E-state index contributed by atoms with van der Waals surface area (Å²) in [6.07, 6.45) is -0.578. The Morgan fingerprint density at radius 2 is 1.77 bits per heavy atom. The topological polar surface area (TPSA) is 68.2 Å². The number of carbonyl (C=O) groups excluding carboxylic acids is 1. The van der Waals surface area contributed by atoms with Crippen LogP contribution >= 0.6 is 0 Å². The molecule has 6 nitrogen and oxygen atoms in total. The minimum absolute atomic E-state index is 0.0980. The van der Waals surface area contributed by atoms with Crippen LogP contribution in [0.5, 0.6) is 17.2 Å². The Balaban J connectivity index is 2.00. The van der Waals surface area contributed by atoms with Crippen LogP contribution in [0.2, 0.25) is 0 Å². The minimum atomic E-state index is -0.788. The summed E-state index contributed by atoms with van der Waals surface area (Å²) < 4.78 is 15.6. The van der Waals surface area contributed by atoms with E-state index in [1.54, 1.807) is 52.6 Å². The molecule has 0 aromatic heterocycles. The maximum atomic E-state index is 12.5. The van der Waals surface area contributed by atoms with Gasteiger partial charge in [-0.25, -0.2) is 0 Å². The molecule has 2 rings (SSSR count). The lowest BCUT2D eigenvalue weighted by molar-refractivity contribution is -0.130. The van der Waals surface area contributed by atoms with Crippen molar-refractivity contribution >= 4 is 5.91 Å². The Kier molecular flexibility index (Phi) is 6.86. The number of aliphatic hydroxyl groups excluding tert-OH is 1. The number of hydrogen-bond acceptors (Lipinski definition) is 5. The predicted molar refractivity (Wildman–Crippen MR) is 98.8 cm³/mol. The zero-order chi connectivity index (χ0) is 19.1. The molecule has 140 valence electrons. The molecular formula is C20H25NO5. The van der Waals surface area contributed by atoms with Gasteiger partial charge in [0.05, 0.1) is 40.4 Å². The molecule has 0 spiro atoms. The number of nitrogens with zero attached hydrogens (tertiary/aromatic N) is 1. The van der Waals surface area contributed by atoms with Crippen molar-refractivity contribution in [1.82, 2.24) is 4.90 Å². The van der Waals surface area contributed by atoms with Crippen LogP contribution in [-0.2, 0) is 11.2 Å². The number of rotatable bonds is 8. The Hall–Kier alpha value is -2.73. The lowest BCUT2D eigenvalue weighted by atomic mass is 10.1. The van der Waals surface area contributed by atoms with Crippen LogP contribution in [0.4, 0.5) is 0 Å². The third-order valence-electron chi connectivity index (χ3n) is 4.15. The van der Waals surface area contributed by atoms with Gasteiger partial charge < -0.3 is 24.2 Å². The van der Waals surface area contributed by atoms with E-state index in [1.807, 2.05) is 18.2 Å². The number of carbonyl (C=O) groups is 1. The smallest absolute Gasteiger partial charge is 0.226 e. The standard InChI is InChI=1S/C20H25NO5/c1-21(13-17(22)15-6-5-7-16(12-15)24-2)20(23)11-14-8-9-18(25-3)19(10-14)26-4/h5-10,12,17,22H,11,13H2,1-4H3. The van der Waals surface area contributed by atoms with Gasteiger partial charge >= 0.3 is 0 Å². The number of likely N-dealkylation sites (N-methyl/N-ethyl adjacent to an activating group) is 1. The first-order valence-electron chi connectivity index (χ1n) is 8.25. The number of methoxy groups -OCH3 is 3. The molecule has 26 heavy (non-hydrogen) atoms. The van der Waals surface area contributed by atoms with Gasteiger partial charge in [0.25, 0.3) is 0 Å². The molecule has 0 saturated heterocycles. The van der Waals surface area contributed by atoms with Gasteiger partial charge in [-0.15, -0.1) is 0 Å². The van der Waals surface area contributed by atoms with Gasteiger partial charge in [-0.05, 0) is 35.4 Å². The molecule has 0 aliphatic heterocycles. The van der Waals surface area contributed by atoms with E-state index in [2.05, 4.69) is 0 Å². The Morgan fingerprint density at radius 3 is 2.42 bits per heavy atom. The van der Waals surface area contributed by atoms with Crippen LogP contribution in [0.15, 0.2) is 42.5 Å². The molecule has 1 atom stereocenters. The summed E-state index contributed by atoms with van der Waals surface area (Å²) in [5, 5.41) is 10.4. The fraction of sp³-hybridized carbons (Fsp3) is 0.350. The maximum absolute atomic E-state index is 12.5. The average molecular weight is 359 g/mol. The normalized spacial score (nSPS) is 11.6. The van der Waals surface area contributed by atoms with Crippen molar-refractivity contribution in [1.29, 1.82) is 0 Å². The average Bonchev–Trinajstić information content (AvgIpc) is 2.67. The molecule has 0 saturated carbocycles. The van der Waals surface area contributed by atoms with Gasteiger partial charge in [-0.1, -0.05) is 18.2 Å². The van der Waals surface area contributed by atoms with Crippen LogP contribution in [0.1, 0.15) is 17.2 Å². The fourth-order valence-electron chi connectivity index (χ4n) is 2.62. The monoisotopic (exact) mass is 359 g/mol. The van der Waals surface area contributed by atoms with Gasteiger partial charge in [-0.3, -0.25) is 4.79 Å². The lowest BCUT2D eigenvalue weighted by Crippen LogP contribution is -2.32. The van der Waals surface area contributed by atoms with E-state index in [9.17, 15) is 9.90 Å². The second-order valence-electron chi connectivity index (χ2n) is 5.93. The highest BCUT2D eigenvalue weighted by Gasteiger charge is 2.17. The van der Waals surface area contributed by atoms with Gasteiger partial charge in [0.15, 0.2) is 11.5 Å². The number of benzene rings is 2. The van der Waals surface area contributed by atoms with Crippen molar-refractivity contribution in [2.75, 3.05) is 34.9 Å². The summed E-state index contributed by atoms with van der Waals surface area (Å²) in [5.74, 6) is 1.77. The van der Waals surface area contributed by atoms with E-state index in [4.69, 9.17) is 14.2 Å². The first-order valence-corrected chi connectivity index (χ1v) is 8.25. The number of aliphatic hydroxyl groups is 1. The Labute approximate surface area is 153 Å². The first-order chi connectivity index (χ1) is 12.5. The van der Waals surface area contributed by atoms with Crippen LogP contribution in [-0.4, -0.2) is 50.8 Å². The molecule has 0 aliphatic carbocycles. The minimum Gasteiger partial charge on any atom is -0.497 e.